The van der Waals surface area contributed by atoms with E-state index in [9.17, 15) is 19.2 Å². The number of hydrogen-bond donors (Lipinski definition) is 2. The second kappa shape index (κ2) is 4.48. The lowest BCUT2D eigenvalue weighted by atomic mass is 10.0. The van der Waals surface area contributed by atoms with Crippen molar-refractivity contribution in [2.45, 2.75) is 32.0 Å². The number of piperidine rings is 1. The summed E-state index contributed by atoms with van der Waals surface area (Å²) in [5, 5.41) is 5.35. The molecule has 0 unspecified atom stereocenters. The van der Waals surface area contributed by atoms with Crippen molar-refractivity contribution in [3.05, 3.63) is 34.4 Å². The number of amides is 4. The van der Waals surface area contributed by atoms with Crippen LogP contribution in [0.5, 0.6) is 0 Å². The molecule has 2 N–H and O–H groups in total. The molecule has 0 saturated carbocycles. The van der Waals surface area contributed by atoms with Gasteiger partial charge in [0, 0.05) is 19.5 Å². The summed E-state index contributed by atoms with van der Waals surface area (Å²) in [4.78, 5) is 49.3. The van der Waals surface area contributed by atoms with Crippen LogP contribution < -0.4 is 10.6 Å². The summed E-state index contributed by atoms with van der Waals surface area (Å²) in [6, 6.07) is 2.56. The van der Waals surface area contributed by atoms with E-state index in [1.165, 1.54) is 0 Å². The van der Waals surface area contributed by atoms with Crippen molar-refractivity contribution in [2.24, 2.45) is 0 Å². The van der Waals surface area contributed by atoms with E-state index in [0.29, 0.717) is 24.2 Å². The standard InChI is InChI=1S/C15H13N3O4/c19-12-2-1-11(13(20)17-12)18-14(21)9-3-7-5-16-6-8(7)4-10(9)15(18)22/h3-4,11,16H,1-2,5-6H2,(H,17,19,20)/t11-/m1/s1. The van der Waals surface area contributed by atoms with Gasteiger partial charge in [-0.15, -0.1) is 0 Å². The van der Waals surface area contributed by atoms with Gasteiger partial charge in [0.2, 0.25) is 11.8 Å². The second-order valence-corrected chi connectivity index (χ2v) is 5.72. The van der Waals surface area contributed by atoms with Crippen LogP contribution in [0.4, 0.5) is 0 Å². The Kier molecular flexibility index (Phi) is 2.67. The van der Waals surface area contributed by atoms with Crippen LogP contribution in [0.2, 0.25) is 0 Å². The molecule has 4 amide bonds. The Morgan fingerprint density at radius 1 is 0.955 bits per heavy atom. The number of imide groups is 2. The maximum absolute atomic E-state index is 12.6. The summed E-state index contributed by atoms with van der Waals surface area (Å²) in [5.74, 6) is -1.86. The normalized spacial score (nSPS) is 23.6. The number of carbonyl (C=O) groups excluding carboxylic acids is 4. The molecule has 4 rings (SSSR count). The summed E-state index contributed by atoms with van der Waals surface area (Å²) in [5.41, 5.74) is 2.70. The maximum Gasteiger partial charge on any atom is 0.262 e. The van der Waals surface area contributed by atoms with E-state index >= 15 is 0 Å². The molecule has 0 radical (unpaired) electrons. The minimum absolute atomic E-state index is 0.129. The minimum Gasteiger partial charge on any atom is -0.309 e. The third-order valence-electron chi connectivity index (χ3n) is 4.39. The molecule has 1 fully saturated rings. The zero-order chi connectivity index (χ0) is 15.4. The molecule has 3 aliphatic heterocycles. The van der Waals surface area contributed by atoms with E-state index in [-0.39, 0.29) is 18.7 Å². The summed E-state index contributed by atoms with van der Waals surface area (Å²) >= 11 is 0. The third-order valence-corrected chi connectivity index (χ3v) is 4.39. The van der Waals surface area contributed by atoms with Crippen molar-refractivity contribution in [3.8, 4) is 0 Å². The van der Waals surface area contributed by atoms with Gasteiger partial charge in [0.05, 0.1) is 11.1 Å². The molecule has 0 spiro atoms. The van der Waals surface area contributed by atoms with Gasteiger partial charge in [-0.25, -0.2) is 0 Å². The number of carbonyl (C=O) groups is 4. The van der Waals surface area contributed by atoms with Crippen LogP contribution in [0, 0.1) is 0 Å². The lowest BCUT2D eigenvalue weighted by Crippen LogP contribution is -2.54. The number of nitrogens with one attached hydrogen (secondary N) is 2. The van der Waals surface area contributed by atoms with Gasteiger partial charge in [0.15, 0.2) is 0 Å². The Labute approximate surface area is 125 Å². The zero-order valence-corrected chi connectivity index (χ0v) is 11.6. The molecular weight excluding hydrogens is 286 g/mol. The highest BCUT2D eigenvalue weighted by Gasteiger charge is 2.45. The van der Waals surface area contributed by atoms with Gasteiger partial charge in [-0.3, -0.25) is 29.4 Å². The second-order valence-electron chi connectivity index (χ2n) is 5.72. The summed E-state index contributed by atoms with van der Waals surface area (Å²) < 4.78 is 0. The first-order chi connectivity index (χ1) is 10.6. The molecule has 22 heavy (non-hydrogen) atoms. The molecule has 3 aliphatic rings. The number of benzene rings is 1. The van der Waals surface area contributed by atoms with Crippen LogP contribution in [0.15, 0.2) is 12.1 Å². The highest BCUT2D eigenvalue weighted by Crippen LogP contribution is 2.31. The number of nitrogens with zero attached hydrogens (tertiary/aromatic N) is 1. The van der Waals surface area contributed by atoms with E-state index in [4.69, 9.17) is 0 Å². The molecule has 7 heteroatoms. The Morgan fingerprint density at radius 3 is 2.09 bits per heavy atom. The largest absolute Gasteiger partial charge is 0.309 e. The molecule has 1 aromatic rings. The molecule has 7 nitrogen and oxygen atoms in total. The van der Waals surface area contributed by atoms with E-state index in [0.717, 1.165) is 16.0 Å². The lowest BCUT2D eigenvalue weighted by molar-refractivity contribution is -0.136. The number of rotatable bonds is 1. The van der Waals surface area contributed by atoms with Crippen molar-refractivity contribution in [2.75, 3.05) is 0 Å². The van der Waals surface area contributed by atoms with Gasteiger partial charge in [-0.05, 0) is 29.7 Å². The van der Waals surface area contributed by atoms with E-state index in [1.807, 2.05) is 0 Å². The molecule has 1 aromatic carbocycles. The van der Waals surface area contributed by atoms with Gasteiger partial charge in [0.1, 0.15) is 6.04 Å². The highest BCUT2D eigenvalue weighted by molar-refractivity contribution is 6.23. The van der Waals surface area contributed by atoms with Crippen LogP contribution in [-0.2, 0) is 22.7 Å². The molecule has 0 aromatic heterocycles. The lowest BCUT2D eigenvalue weighted by Gasteiger charge is -2.27. The molecule has 0 aliphatic carbocycles. The highest BCUT2D eigenvalue weighted by atomic mass is 16.2. The van der Waals surface area contributed by atoms with Gasteiger partial charge in [-0.2, -0.15) is 0 Å². The fourth-order valence-corrected chi connectivity index (χ4v) is 3.27. The van der Waals surface area contributed by atoms with E-state index in [1.54, 1.807) is 12.1 Å². The first-order valence-electron chi connectivity index (χ1n) is 7.14. The van der Waals surface area contributed by atoms with Crippen molar-refractivity contribution in [3.63, 3.8) is 0 Å². The molecule has 3 heterocycles. The van der Waals surface area contributed by atoms with Crippen molar-refractivity contribution < 1.29 is 19.2 Å². The predicted molar refractivity (Wildman–Crippen MR) is 73.7 cm³/mol. The van der Waals surface area contributed by atoms with E-state index in [2.05, 4.69) is 10.6 Å². The van der Waals surface area contributed by atoms with Crippen molar-refractivity contribution >= 4 is 23.6 Å². The Hall–Kier alpha value is -2.54. The van der Waals surface area contributed by atoms with Crippen LogP contribution in [0.25, 0.3) is 0 Å². The molecule has 1 saturated heterocycles. The van der Waals surface area contributed by atoms with Gasteiger partial charge in [0.25, 0.3) is 11.8 Å². The van der Waals surface area contributed by atoms with Gasteiger partial charge in [-0.1, -0.05) is 0 Å². The number of hydrogen-bond acceptors (Lipinski definition) is 5. The van der Waals surface area contributed by atoms with Crippen LogP contribution in [0.1, 0.15) is 44.7 Å². The summed E-state index contributed by atoms with van der Waals surface area (Å²) in [6.45, 7) is 1.34. The fourth-order valence-electron chi connectivity index (χ4n) is 3.27. The fraction of sp³-hybridized carbons (Fsp3) is 0.333. The number of fused-ring (bicyclic) bond motifs is 2. The monoisotopic (exact) mass is 299 g/mol. The Bertz CT molecular complexity index is 712. The molecule has 112 valence electrons. The molecular formula is C15H13N3O4. The maximum atomic E-state index is 12.6. The Balaban J connectivity index is 1.72. The SMILES string of the molecule is O=C1CC[C@@H](N2C(=O)c3cc4c(cc3C2=O)CNC4)C(=O)N1. The first-order valence-corrected chi connectivity index (χ1v) is 7.14. The van der Waals surface area contributed by atoms with Crippen molar-refractivity contribution in [1.82, 2.24) is 15.5 Å². The minimum atomic E-state index is -0.905. The van der Waals surface area contributed by atoms with Gasteiger partial charge < -0.3 is 5.32 Å². The van der Waals surface area contributed by atoms with E-state index < -0.39 is 23.8 Å². The summed E-state index contributed by atoms with van der Waals surface area (Å²) in [7, 11) is 0. The van der Waals surface area contributed by atoms with Crippen LogP contribution in [-0.4, -0.2) is 34.6 Å². The van der Waals surface area contributed by atoms with Gasteiger partial charge >= 0.3 is 0 Å². The third kappa shape index (κ3) is 1.72. The van der Waals surface area contributed by atoms with Crippen LogP contribution in [0.3, 0.4) is 0 Å². The molecule has 0 bridgehead atoms. The zero-order valence-electron chi connectivity index (χ0n) is 11.6. The van der Waals surface area contributed by atoms with Crippen LogP contribution >= 0.6 is 0 Å². The first kappa shape index (κ1) is 13.1. The smallest absolute Gasteiger partial charge is 0.262 e. The predicted octanol–water partition coefficient (Wildman–Crippen LogP) is -0.309. The average molecular weight is 299 g/mol. The van der Waals surface area contributed by atoms with Crippen molar-refractivity contribution in [1.29, 1.82) is 0 Å². The molecule has 1 atom stereocenters. The summed E-state index contributed by atoms with van der Waals surface area (Å²) in [6.07, 6.45) is 0.307. The quantitative estimate of drug-likeness (QED) is 0.694. The average Bonchev–Trinajstić information content (AvgIpc) is 3.03. The Morgan fingerprint density at radius 2 is 1.55 bits per heavy atom. The topological polar surface area (TPSA) is 95.6 Å².